The standard InChI is InChI=1S/2C9H7.C8H17.C6H7Si.2ClH.Hf/c2*1-2-5-9-7-3-6-8(9)4-1;1-3-5-7-8-6-4-2;7-6-4-2-1-3-5-6;;;/h2*1-7H;1,3-8H2,2H3;1-5H,7H2;2*1H;. The summed E-state index contributed by atoms with van der Waals surface area (Å²) in [6.07, 6.45) is 18.6. The van der Waals surface area contributed by atoms with Crippen molar-refractivity contribution in [2.24, 2.45) is 0 Å². The van der Waals surface area contributed by atoms with Gasteiger partial charge in [0.1, 0.15) is 0 Å². The van der Waals surface area contributed by atoms with Gasteiger partial charge in [-0.1, -0.05) is 0 Å². The van der Waals surface area contributed by atoms with E-state index in [1.807, 2.05) is 0 Å². The fourth-order valence-electron chi connectivity index (χ4n) is 6.52. The molecule has 2 aliphatic carbocycles. The average molecular weight is 702 g/mol. The second kappa shape index (κ2) is 14.1. The van der Waals surface area contributed by atoms with E-state index >= 15 is 0 Å². The normalized spacial score (nSPS) is 18.9. The van der Waals surface area contributed by atoms with E-state index in [1.165, 1.54) is 53.8 Å². The van der Waals surface area contributed by atoms with Crippen molar-refractivity contribution in [3.8, 4) is 0 Å². The first-order valence-electron chi connectivity index (χ1n) is 13.4. The van der Waals surface area contributed by atoms with E-state index in [4.69, 9.17) is 0 Å². The molecule has 190 valence electrons. The Hall–Kier alpha value is -1.19. The summed E-state index contributed by atoms with van der Waals surface area (Å²) in [5, 5.41) is 1.70. The second-order valence-electron chi connectivity index (χ2n) is 10.3. The van der Waals surface area contributed by atoms with Gasteiger partial charge >= 0.3 is 213 Å². The fourth-order valence-corrected chi connectivity index (χ4v) is 50.3. The zero-order valence-electron chi connectivity index (χ0n) is 21.4. The molecule has 5 rings (SSSR count). The summed E-state index contributed by atoms with van der Waals surface area (Å²) >= 11 is -3.00. The van der Waals surface area contributed by atoms with Crippen LogP contribution in [0.1, 0.15) is 75.1 Å². The Labute approximate surface area is 236 Å². The SMILES string of the molecule is CCCCCCC[CH2][Hf]([SiH2]c1ccccc1)([CH]1C=Cc2ccccc21)[CH]1C=Cc2ccccc21.Cl.Cl. The van der Waals surface area contributed by atoms with Crippen LogP contribution in [0.15, 0.2) is 91.0 Å². The van der Waals surface area contributed by atoms with Crippen molar-refractivity contribution in [1.29, 1.82) is 0 Å². The molecule has 0 radical (unpaired) electrons. The van der Waals surface area contributed by atoms with E-state index in [-0.39, 0.29) is 31.5 Å². The van der Waals surface area contributed by atoms with E-state index < -0.39 is 19.1 Å². The van der Waals surface area contributed by atoms with Gasteiger partial charge in [-0.2, -0.15) is 0 Å². The molecule has 0 N–H and O–H groups in total. The Balaban J connectivity index is 0.00000180. The number of hydrogen-bond acceptors (Lipinski definition) is 0. The molecule has 0 nitrogen and oxygen atoms in total. The third kappa shape index (κ3) is 6.26. The van der Waals surface area contributed by atoms with Crippen LogP contribution >= 0.6 is 24.8 Å². The zero-order valence-corrected chi connectivity index (χ0v) is 28.1. The van der Waals surface area contributed by atoms with E-state index in [0.717, 1.165) is 0 Å². The maximum Gasteiger partial charge on any atom is -0.147 e. The molecule has 0 aliphatic heterocycles. The van der Waals surface area contributed by atoms with Crippen molar-refractivity contribution in [1.82, 2.24) is 0 Å². The van der Waals surface area contributed by atoms with Crippen LogP contribution in [0.5, 0.6) is 0 Å². The number of unbranched alkanes of at least 4 members (excludes halogenated alkanes) is 5. The van der Waals surface area contributed by atoms with Crippen molar-refractivity contribution in [3.63, 3.8) is 0 Å². The Morgan fingerprint density at radius 1 is 0.611 bits per heavy atom. The van der Waals surface area contributed by atoms with Gasteiger partial charge in [0.15, 0.2) is 0 Å². The number of allylic oxidation sites excluding steroid dienone is 2. The number of fused-ring (bicyclic) bond motifs is 2. The monoisotopic (exact) mass is 702 g/mol. The van der Waals surface area contributed by atoms with Crippen molar-refractivity contribution in [3.05, 3.63) is 113 Å². The van der Waals surface area contributed by atoms with E-state index in [0.29, 0.717) is 7.35 Å². The predicted octanol–water partition coefficient (Wildman–Crippen LogP) is 8.71. The Kier molecular flexibility index (Phi) is 11.5. The quantitative estimate of drug-likeness (QED) is 0.139. The van der Waals surface area contributed by atoms with Gasteiger partial charge in [-0.25, -0.2) is 0 Å². The molecule has 3 aromatic carbocycles. The van der Waals surface area contributed by atoms with Crippen LogP contribution in [0.4, 0.5) is 0 Å². The van der Waals surface area contributed by atoms with Crippen molar-refractivity contribution in [2.45, 2.75) is 57.0 Å². The smallest absolute Gasteiger partial charge is 0.147 e. The summed E-state index contributed by atoms with van der Waals surface area (Å²) in [4.78, 5) is 0. The Morgan fingerprint density at radius 3 is 1.69 bits per heavy atom. The van der Waals surface area contributed by atoms with Crippen LogP contribution in [0.3, 0.4) is 0 Å². The minimum Gasteiger partial charge on any atom is -0.147 e. The molecule has 2 atom stereocenters. The molecule has 0 spiro atoms. The molecule has 0 saturated carbocycles. The van der Waals surface area contributed by atoms with Crippen molar-refractivity contribution < 1.29 is 19.1 Å². The molecule has 0 heterocycles. The van der Waals surface area contributed by atoms with Gasteiger partial charge in [-0.05, 0) is 0 Å². The Morgan fingerprint density at radius 2 is 1.11 bits per heavy atom. The summed E-state index contributed by atoms with van der Waals surface area (Å²) in [5.74, 6) is 0. The third-order valence-corrected chi connectivity index (χ3v) is 48.5. The van der Waals surface area contributed by atoms with Gasteiger partial charge in [-0.3, -0.25) is 0 Å². The molecule has 4 heteroatoms. The van der Waals surface area contributed by atoms with Gasteiger partial charge in [-0.15, -0.1) is 24.8 Å². The predicted molar refractivity (Wildman–Crippen MR) is 164 cm³/mol. The number of hydrogen-bond donors (Lipinski definition) is 0. The van der Waals surface area contributed by atoms with Crippen LogP contribution in [-0.4, -0.2) is 6.71 Å². The molecule has 0 bridgehead atoms. The first-order valence-corrected chi connectivity index (χ1v) is 29.1. The van der Waals surface area contributed by atoms with Crippen molar-refractivity contribution in [2.75, 3.05) is 0 Å². The van der Waals surface area contributed by atoms with Gasteiger partial charge < -0.3 is 0 Å². The molecular weight excluding hydrogens is 662 g/mol. The molecule has 3 aromatic rings. The van der Waals surface area contributed by atoms with Crippen molar-refractivity contribution >= 4 is 48.9 Å². The van der Waals surface area contributed by atoms with Crippen LogP contribution < -0.4 is 5.19 Å². The number of benzene rings is 3. The first kappa shape index (κ1) is 29.4. The topological polar surface area (TPSA) is 0 Å². The van der Waals surface area contributed by atoms with Crippen LogP contribution in [0.25, 0.3) is 12.2 Å². The minimum absolute atomic E-state index is 0. The largest absolute Gasteiger partial charge is 0.147 e. The summed E-state index contributed by atoms with van der Waals surface area (Å²) in [6, 6.07) is 30.3. The van der Waals surface area contributed by atoms with Crippen LogP contribution in [0, 0.1) is 0 Å². The molecule has 0 fully saturated rings. The molecule has 36 heavy (non-hydrogen) atoms. The summed E-state index contributed by atoms with van der Waals surface area (Å²) in [7, 11) is 0. The van der Waals surface area contributed by atoms with Crippen LogP contribution in [0.2, 0.25) is 4.18 Å². The number of rotatable bonds is 11. The minimum atomic E-state index is -3.00. The summed E-state index contributed by atoms with van der Waals surface area (Å²) in [6.45, 7) is 1.95. The molecule has 2 unspecified atom stereocenters. The summed E-state index contributed by atoms with van der Waals surface area (Å²) in [5.41, 5.74) is 6.27. The molecule has 0 saturated heterocycles. The second-order valence-corrected chi connectivity index (χ2v) is 41.2. The third-order valence-electron chi connectivity index (χ3n) is 8.21. The fraction of sp³-hybridized carbons (Fsp3) is 0.312. The maximum absolute atomic E-state index is 3.00. The Bertz CT molecular complexity index is 1100. The van der Waals surface area contributed by atoms with Crippen LogP contribution in [-0.2, 0) is 19.1 Å². The average Bonchev–Trinajstić information content (AvgIpc) is 3.51. The number of halogens is 2. The van der Waals surface area contributed by atoms with E-state index in [1.54, 1.807) is 16.3 Å². The molecule has 0 aromatic heterocycles. The van der Waals surface area contributed by atoms with E-state index in [2.05, 4.69) is 110 Å². The zero-order chi connectivity index (χ0) is 23.2. The van der Waals surface area contributed by atoms with Gasteiger partial charge in [0.2, 0.25) is 0 Å². The summed E-state index contributed by atoms with van der Waals surface area (Å²) < 4.78 is 2.96. The van der Waals surface area contributed by atoms with Gasteiger partial charge in [0.25, 0.3) is 0 Å². The van der Waals surface area contributed by atoms with Gasteiger partial charge in [0, 0.05) is 0 Å². The van der Waals surface area contributed by atoms with Gasteiger partial charge in [0.05, 0.1) is 0 Å². The maximum atomic E-state index is 2.66. The molecular formula is C32H40Cl2HfSi. The van der Waals surface area contributed by atoms with E-state index in [9.17, 15) is 0 Å². The molecule has 0 amide bonds. The molecule has 2 aliphatic rings. The first-order chi connectivity index (χ1) is 16.8.